The van der Waals surface area contributed by atoms with Gasteiger partial charge in [-0.15, -0.1) is 0 Å². The summed E-state index contributed by atoms with van der Waals surface area (Å²) in [5, 5.41) is 13.3. The van der Waals surface area contributed by atoms with Crippen molar-refractivity contribution < 1.29 is 14.6 Å². The van der Waals surface area contributed by atoms with Crippen LogP contribution in [0.3, 0.4) is 0 Å². The predicted molar refractivity (Wildman–Crippen MR) is 118 cm³/mol. The largest absolute Gasteiger partial charge is 0.507 e. The van der Waals surface area contributed by atoms with Crippen molar-refractivity contribution in [2.24, 2.45) is 4.99 Å². The van der Waals surface area contributed by atoms with Crippen molar-refractivity contribution in [3.05, 3.63) is 94.0 Å². The van der Waals surface area contributed by atoms with E-state index < -0.39 is 0 Å². The van der Waals surface area contributed by atoms with Crippen LogP contribution in [0.1, 0.15) is 22.7 Å². The van der Waals surface area contributed by atoms with Crippen LogP contribution in [-0.2, 0) is 9.53 Å². The molecule has 1 atom stereocenters. The lowest BCUT2D eigenvalue weighted by molar-refractivity contribution is -0.139. The third-order valence-corrected chi connectivity index (χ3v) is 4.88. The van der Waals surface area contributed by atoms with E-state index in [0.717, 1.165) is 21.3 Å². The number of phenols is 1. The second kappa shape index (κ2) is 10.0. The maximum atomic E-state index is 11.7. The number of methoxy groups -OCH3 is 1. The van der Waals surface area contributed by atoms with E-state index in [4.69, 9.17) is 4.74 Å². The Balaban J connectivity index is 2.01. The number of nitrogens with zero attached hydrogens (tertiary/aromatic N) is 1. The van der Waals surface area contributed by atoms with Gasteiger partial charge in [-0.25, -0.2) is 0 Å². The first kappa shape index (κ1) is 20.8. The molecule has 5 nitrogen and oxygen atoms in total. The molecule has 0 saturated carbocycles. The SMILES string of the molecule is COC(=O)CNC(c1ccccc1)c1cc(Br)ccc1N=Cc1ccccc1O. The maximum absolute atomic E-state index is 11.7. The number of esters is 1. The van der Waals surface area contributed by atoms with Crippen LogP contribution in [0, 0.1) is 0 Å². The molecule has 2 N–H and O–H groups in total. The van der Waals surface area contributed by atoms with Gasteiger partial charge in [-0.05, 0) is 35.9 Å². The number of halogens is 1. The molecule has 148 valence electrons. The Bertz CT molecular complexity index is 1010. The Morgan fingerprint density at radius 3 is 2.59 bits per heavy atom. The second-order valence-electron chi connectivity index (χ2n) is 6.32. The highest BCUT2D eigenvalue weighted by Crippen LogP contribution is 2.33. The fourth-order valence-corrected chi connectivity index (χ4v) is 3.30. The van der Waals surface area contributed by atoms with Crippen molar-refractivity contribution in [1.82, 2.24) is 5.32 Å². The maximum Gasteiger partial charge on any atom is 0.319 e. The minimum atomic E-state index is -0.347. The van der Waals surface area contributed by atoms with Crippen LogP contribution in [0.25, 0.3) is 0 Å². The van der Waals surface area contributed by atoms with Crippen molar-refractivity contribution in [1.29, 1.82) is 0 Å². The van der Waals surface area contributed by atoms with Crippen LogP contribution in [0.4, 0.5) is 5.69 Å². The minimum absolute atomic E-state index is 0.0607. The van der Waals surface area contributed by atoms with Crippen LogP contribution in [-0.4, -0.2) is 30.9 Å². The molecule has 0 amide bonds. The van der Waals surface area contributed by atoms with Crippen molar-refractivity contribution in [3.8, 4) is 5.75 Å². The molecule has 0 fully saturated rings. The third kappa shape index (κ3) is 5.53. The molecule has 0 heterocycles. The summed E-state index contributed by atoms with van der Waals surface area (Å²) in [5.74, 6) is -0.182. The fraction of sp³-hybridized carbons (Fsp3) is 0.130. The zero-order chi connectivity index (χ0) is 20.6. The number of hydrogen-bond donors (Lipinski definition) is 2. The molecular weight excluding hydrogens is 432 g/mol. The number of rotatable bonds is 7. The van der Waals surface area contributed by atoms with Gasteiger partial charge in [0.2, 0.25) is 0 Å². The molecule has 3 aromatic rings. The molecule has 0 saturated heterocycles. The summed E-state index contributed by atoms with van der Waals surface area (Å²) in [4.78, 5) is 16.3. The highest BCUT2D eigenvalue weighted by atomic mass is 79.9. The summed E-state index contributed by atoms with van der Waals surface area (Å²) in [5.41, 5.74) is 3.23. The van der Waals surface area contributed by atoms with Gasteiger partial charge >= 0.3 is 5.97 Å². The van der Waals surface area contributed by atoms with E-state index in [1.807, 2.05) is 54.6 Å². The number of para-hydroxylation sites is 1. The number of nitrogens with one attached hydrogen (secondary N) is 1. The number of hydrogen-bond acceptors (Lipinski definition) is 5. The molecule has 0 aliphatic carbocycles. The van der Waals surface area contributed by atoms with Crippen molar-refractivity contribution in [3.63, 3.8) is 0 Å². The van der Waals surface area contributed by atoms with Crippen LogP contribution in [0.5, 0.6) is 5.75 Å². The number of benzene rings is 3. The number of carbonyl (C=O) groups is 1. The summed E-state index contributed by atoms with van der Waals surface area (Å²) in [6.07, 6.45) is 1.63. The highest BCUT2D eigenvalue weighted by Gasteiger charge is 2.19. The third-order valence-electron chi connectivity index (χ3n) is 4.39. The van der Waals surface area contributed by atoms with Crippen molar-refractivity contribution in [2.75, 3.05) is 13.7 Å². The Labute approximate surface area is 178 Å². The minimum Gasteiger partial charge on any atom is -0.507 e. The van der Waals surface area contributed by atoms with E-state index in [0.29, 0.717) is 5.56 Å². The van der Waals surface area contributed by atoms with Crippen molar-refractivity contribution in [2.45, 2.75) is 6.04 Å². The fourth-order valence-electron chi connectivity index (χ4n) is 2.92. The number of aliphatic imine (C=N–C) groups is 1. The lowest BCUT2D eigenvalue weighted by Crippen LogP contribution is -2.29. The quantitative estimate of drug-likeness (QED) is 0.400. The zero-order valence-corrected chi connectivity index (χ0v) is 17.5. The monoisotopic (exact) mass is 452 g/mol. The molecule has 3 aromatic carbocycles. The Morgan fingerprint density at radius 1 is 1.14 bits per heavy atom. The zero-order valence-electron chi connectivity index (χ0n) is 15.9. The molecule has 0 spiro atoms. The summed E-state index contributed by atoms with van der Waals surface area (Å²) in [6.45, 7) is 0.0607. The molecule has 0 aromatic heterocycles. The van der Waals surface area contributed by atoms with Crippen LogP contribution in [0.2, 0.25) is 0 Å². The summed E-state index contributed by atoms with van der Waals surface area (Å²) < 4.78 is 5.67. The molecular formula is C23H21BrN2O3. The summed E-state index contributed by atoms with van der Waals surface area (Å²) in [7, 11) is 1.36. The van der Waals surface area contributed by atoms with Gasteiger partial charge < -0.3 is 9.84 Å². The number of carbonyl (C=O) groups excluding carboxylic acids is 1. The molecule has 3 rings (SSSR count). The highest BCUT2D eigenvalue weighted by molar-refractivity contribution is 9.10. The lowest BCUT2D eigenvalue weighted by Gasteiger charge is -2.21. The average molecular weight is 453 g/mol. The Kier molecular flexibility index (Phi) is 7.16. The van der Waals surface area contributed by atoms with E-state index in [2.05, 4.69) is 26.2 Å². The van der Waals surface area contributed by atoms with Gasteiger partial charge in [-0.3, -0.25) is 15.1 Å². The van der Waals surface area contributed by atoms with E-state index in [-0.39, 0.29) is 24.3 Å². The van der Waals surface area contributed by atoms with E-state index in [1.54, 1.807) is 24.4 Å². The molecule has 0 bridgehead atoms. The molecule has 6 heteroatoms. The lowest BCUT2D eigenvalue weighted by atomic mass is 9.97. The molecule has 0 aliphatic heterocycles. The molecule has 0 radical (unpaired) electrons. The topological polar surface area (TPSA) is 70.9 Å². The van der Waals surface area contributed by atoms with Gasteiger partial charge in [-0.2, -0.15) is 0 Å². The van der Waals surface area contributed by atoms with Gasteiger partial charge in [0.25, 0.3) is 0 Å². The number of phenolic OH excluding ortho intramolecular Hbond substituents is 1. The van der Waals surface area contributed by atoms with Gasteiger partial charge in [0, 0.05) is 21.8 Å². The van der Waals surface area contributed by atoms with Gasteiger partial charge in [-0.1, -0.05) is 58.4 Å². The van der Waals surface area contributed by atoms with Gasteiger partial charge in [0.15, 0.2) is 0 Å². The number of ether oxygens (including phenoxy) is 1. The number of aromatic hydroxyl groups is 1. The van der Waals surface area contributed by atoms with Gasteiger partial charge in [0.05, 0.1) is 25.4 Å². The van der Waals surface area contributed by atoms with E-state index in [9.17, 15) is 9.90 Å². The Hall–Kier alpha value is -2.96. The van der Waals surface area contributed by atoms with Crippen LogP contribution in [0.15, 0.2) is 82.3 Å². The standard InChI is InChI=1S/C23H21BrN2O3/c1-29-22(28)15-26-23(16-7-3-2-4-8-16)19-13-18(24)11-12-20(19)25-14-17-9-5-6-10-21(17)27/h2-14,23,26-27H,15H2,1H3. The van der Waals surface area contributed by atoms with E-state index >= 15 is 0 Å². The first-order valence-electron chi connectivity index (χ1n) is 9.05. The molecule has 1 unspecified atom stereocenters. The summed E-state index contributed by atoms with van der Waals surface area (Å²) >= 11 is 3.53. The normalized spacial score (nSPS) is 12.1. The molecule has 29 heavy (non-hydrogen) atoms. The summed E-state index contributed by atoms with van der Waals surface area (Å²) in [6, 6.07) is 22.3. The van der Waals surface area contributed by atoms with E-state index in [1.165, 1.54) is 7.11 Å². The van der Waals surface area contributed by atoms with Gasteiger partial charge in [0.1, 0.15) is 5.75 Å². The van der Waals surface area contributed by atoms with Crippen LogP contribution < -0.4 is 5.32 Å². The predicted octanol–water partition coefficient (Wildman–Crippen LogP) is 4.76. The van der Waals surface area contributed by atoms with Crippen molar-refractivity contribution >= 4 is 33.8 Å². The first-order chi connectivity index (χ1) is 14.1. The van der Waals surface area contributed by atoms with Crippen LogP contribution >= 0.6 is 15.9 Å². The average Bonchev–Trinajstić information content (AvgIpc) is 2.75. The molecule has 0 aliphatic rings. The smallest absolute Gasteiger partial charge is 0.319 e. The Morgan fingerprint density at radius 2 is 1.86 bits per heavy atom. The second-order valence-corrected chi connectivity index (χ2v) is 7.24. The first-order valence-corrected chi connectivity index (χ1v) is 9.84.